The lowest BCUT2D eigenvalue weighted by atomic mass is 9.82. The SMILES string of the molecule is CC(C)c1cccc2c1C1CC2[C@H](O)[C@@H]1O. The normalized spacial score (nSPS) is 35.8. The third-order valence-corrected chi connectivity index (χ3v) is 4.25. The first-order valence-corrected chi connectivity index (χ1v) is 6.10. The van der Waals surface area contributed by atoms with E-state index in [2.05, 4.69) is 32.0 Å². The van der Waals surface area contributed by atoms with Gasteiger partial charge in [-0.2, -0.15) is 0 Å². The summed E-state index contributed by atoms with van der Waals surface area (Å²) in [5.74, 6) is 0.806. The summed E-state index contributed by atoms with van der Waals surface area (Å²) in [5, 5.41) is 19.9. The molecule has 2 unspecified atom stereocenters. The van der Waals surface area contributed by atoms with E-state index in [1.807, 2.05) is 0 Å². The molecule has 1 fully saturated rings. The highest BCUT2D eigenvalue weighted by Gasteiger charge is 2.50. The molecule has 2 nitrogen and oxygen atoms in total. The van der Waals surface area contributed by atoms with Gasteiger partial charge in [-0.1, -0.05) is 32.0 Å². The van der Waals surface area contributed by atoms with Gasteiger partial charge in [0.25, 0.3) is 0 Å². The van der Waals surface area contributed by atoms with Crippen LogP contribution in [-0.2, 0) is 0 Å². The molecule has 16 heavy (non-hydrogen) atoms. The summed E-state index contributed by atoms with van der Waals surface area (Å²) in [6.45, 7) is 4.37. The largest absolute Gasteiger partial charge is 0.390 e. The van der Waals surface area contributed by atoms with E-state index in [1.54, 1.807) is 0 Å². The van der Waals surface area contributed by atoms with E-state index in [-0.39, 0.29) is 11.8 Å². The van der Waals surface area contributed by atoms with E-state index < -0.39 is 12.2 Å². The van der Waals surface area contributed by atoms with Crippen molar-refractivity contribution in [2.45, 2.75) is 50.2 Å². The molecule has 3 rings (SSSR count). The zero-order chi connectivity index (χ0) is 11.4. The van der Waals surface area contributed by atoms with E-state index in [0.29, 0.717) is 5.92 Å². The third-order valence-electron chi connectivity index (χ3n) is 4.25. The summed E-state index contributed by atoms with van der Waals surface area (Å²) in [4.78, 5) is 0. The second-order valence-corrected chi connectivity index (χ2v) is 5.43. The Hall–Kier alpha value is -0.860. The molecule has 1 saturated carbocycles. The van der Waals surface area contributed by atoms with Crippen LogP contribution in [0.25, 0.3) is 0 Å². The number of benzene rings is 1. The van der Waals surface area contributed by atoms with E-state index in [4.69, 9.17) is 0 Å². The maximum Gasteiger partial charge on any atom is 0.0873 e. The Labute approximate surface area is 95.9 Å². The quantitative estimate of drug-likeness (QED) is 0.758. The van der Waals surface area contributed by atoms with E-state index >= 15 is 0 Å². The predicted molar refractivity (Wildman–Crippen MR) is 62.6 cm³/mol. The molecule has 0 aliphatic heterocycles. The van der Waals surface area contributed by atoms with Gasteiger partial charge in [0.2, 0.25) is 0 Å². The summed E-state index contributed by atoms with van der Waals surface area (Å²) in [7, 11) is 0. The highest BCUT2D eigenvalue weighted by molar-refractivity contribution is 5.49. The molecular weight excluding hydrogens is 200 g/mol. The second-order valence-electron chi connectivity index (χ2n) is 5.43. The number of hydrogen-bond donors (Lipinski definition) is 2. The average molecular weight is 218 g/mol. The lowest BCUT2D eigenvalue weighted by Crippen LogP contribution is -2.31. The molecule has 0 saturated heterocycles. The zero-order valence-electron chi connectivity index (χ0n) is 9.72. The van der Waals surface area contributed by atoms with Crippen LogP contribution in [0.5, 0.6) is 0 Å². The van der Waals surface area contributed by atoms with Gasteiger partial charge in [-0.25, -0.2) is 0 Å². The number of hydrogen-bond acceptors (Lipinski definition) is 2. The molecule has 2 N–H and O–H groups in total. The Balaban J connectivity index is 2.16. The lowest BCUT2D eigenvalue weighted by molar-refractivity contribution is 0.0214. The van der Waals surface area contributed by atoms with Crippen LogP contribution < -0.4 is 0 Å². The van der Waals surface area contributed by atoms with Crippen molar-refractivity contribution in [1.82, 2.24) is 0 Å². The highest BCUT2D eigenvalue weighted by atomic mass is 16.3. The topological polar surface area (TPSA) is 40.5 Å². The molecule has 86 valence electrons. The summed E-state index contributed by atoms with van der Waals surface area (Å²) < 4.78 is 0. The van der Waals surface area contributed by atoms with Crippen LogP contribution in [0.15, 0.2) is 18.2 Å². The lowest BCUT2D eigenvalue weighted by Gasteiger charge is -2.28. The van der Waals surface area contributed by atoms with E-state index in [9.17, 15) is 10.2 Å². The summed E-state index contributed by atoms with van der Waals surface area (Å²) in [5.41, 5.74) is 3.94. The Morgan fingerprint density at radius 2 is 1.81 bits per heavy atom. The van der Waals surface area contributed by atoms with Gasteiger partial charge >= 0.3 is 0 Å². The Morgan fingerprint density at radius 1 is 1.12 bits per heavy atom. The molecule has 1 aromatic rings. The van der Waals surface area contributed by atoms with Gasteiger partial charge in [0.15, 0.2) is 0 Å². The van der Waals surface area contributed by atoms with Gasteiger partial charge in [0, 0.05) is 11.8 Å². The molecule has 0 amide bonds. The van der Waals surface area contributed by atoms with Gasteiger partial charge in [-0.05, 0) is 29.0 Å². The molecule has 4 atom stereocenters. The van der Waals surface area contributed by atoms with Crippen LogP contribution in [0.1, 0.15) is 54.7 Å². The standard InChI is InChI=1S/C14H18O2/c1-7(2)8-4-3-5-9-10-6-11(12(8)9)14(16)13(10)15/h3-5,7,10-11,13-16H,6H2,1-2H3/t10?,11?,13-,14+/m0/s1. The van der Waals surface area contributed by atoms with Crippen molar-refractivity contribution in [2.75, 3.05) is 0 Å². The minimum atomic E-state index is -0.558. The molecule has 2 aliphatic rings. The van der Waals surface area contributed by atoms with E-state index in [1.165, 1.54) is 16.7 Å². The van der Waals surface area contributed by atoms with Crippen LogP contribution in [0.2, 0.25) is 0 Å². The van der Waals surface area contributed by atoms with Gasteiger partial charge in [-0.15, -0.1) is 0 Å². The van der Waals surface area contributed by atoms with Gasteiger partial charge in [0.05, 0.1) is 12.2 Å². The zero-order valence-corrected chi connectivity index (χ0v) is 9.72. The molecule has 0 spiro atoms. The molecule has 0 heterocycles. The van der Waals surface area contributed by atoms with Crippen molar-refractivity contribution in [3.05, 3.63) is 34.9 Å². The maximum absolute atomic E-state index is 9.99. The van der Waals surface area contributed by atoms with Crippen molar-refractivity contribution >= 4 is 0 Å². The monoisotopic (exact) mass is 218 g/mol. The van der Waals surface area contributed by atoms with Crippen LogP contribution in [0, 0.1) is 0 Å². The molecule has 0 aromatic heterocycles. The number of aliphatic hydroxyl groups is 2. The maximum atomic E-state index is 9.99. The fourth-order valence-electron chi connectivity index (χ4n) is 3.48. The van der Waals surface area contributed by atoms with Crippen molar-refractivity contribution in [3.63, 3.8) is 0 Å². The first kappa shape index (κ1) is 10.3. The molecule has 1 aromatic carbocycles. The fraction of sp³-hybridized carbons (Fsp3) is 0.571. The molecular formula is C14H18O2. The Kier molecular flexibility index (Phi) is 2.13. The average Bonchev–Trinajstić information content (AvgIpc) is 2.77. The van der Waals surface area contributed by atoms with Gasteiger partial charge in [0.1, 0.15) is 0 Å². The van der Waals surface area contributed by atoms with Crippen LogP contribution >= 0.6 is 0 Å². The van der Waals surface area contributed by atoms with Gasteiger partial charge in [-0.3, -0.25) is 0 Å². The smallest absolute Gasteiger partial charge is 0.0873 e. The number of fused-ring (bicyclic) bond motifs is 5. The minimum Gasteiger partial charge on any atom is -0.390 e. The molecule has 2 aliphatic carbocycles. The van der Waals surface area contributed by atoms with Crippen molar-refractivity contribution < 1.29 is 10.2 Å². The summed E-state index contributed by atoms with van der Waals surface area (Å²) in [6, 6.07) is 6.35. The Bertz CT molecular complexity index is 425. The number of aliphatic hydroxyl groups excluding tert-OH is 2. The predicted octanol–water partition coefficient (Wildman–Crippen LogP) is 2.12. The highest BCUT2D eigenvalue weighted by Crippen LogP contribution is 2.54. The molecule has 0 radical (unpaired) electrons. The third kappa shape index (κ3) is 1.14. The van der Waals surface area contributed by atoms with Crippen molar-refractivity contribution in [2.24, 2.45) is 0 Å². The second kappa shape index (κ2) is 3.31. The minimum absolute atomic E-state index is 0.161. The van der Waals surface area contributed by atoms with Crippen LogP contribution in [0.4, 0.5) is 0 Å². The fourth-order valence-corrected chi connectivity index (χ4v) is 3.48. The first-order valence-electron chi connectivity index (χ1n) is 6.10. The van der Waals surface area contributed by atoms with Gasteiger partial charge < -0.3 is 10.2 Å². The number of rotatable bonds is 1. The molecule has 2 heteroatoms. The van der Waals surface area contributed by atoms with Crippen molar-refractivity contribution in [3.8, 4) is 0 Å². The van der Waals surface area contributed by atoms with Crippen LogP contribution in [0.3, 0.4) is 0 Å². The molecule has 2 bridgehead atoms. The van der Waals surface area contributed by atoms with E-state index in [0.717, 1.165) is 6.42 Å². The summed E-state index contributed by atoms with van der Waals surface area (Å²) in [6.07, 6.45) is -0.196. The summed E-state index contributed by atoms with van der Waals surface area (Å²) >= 11 is 0. The van der Waals surface area contributed by atoms with Crippen LogP contribution in [-0.4, -0.2) is 22.4 Å². The Morgan fingerprint density at radius 3 is 2.50 bits per heavy atom. The van der Waals surface area contributed by atoms with Crippen molar-refractivity contribution in [1.29, 1.82) is 0 Å². The first-order chi connectivity index (χ1) is 7.61.